The topological polar surface area (TPSA) is 103 Å². The van der Waals surface area contributed by atoms with E-state index >= 15 is 0 Å². The Kier molecular flexibility index (Phi) is 9.89. The van der Waals surface area contributed by atoms with E-state index in [9.17, 15) is 9.59 Å². The first-order chi connectivity index (χ1) is 19.4. The van der Waals surface area contributed by atoms with E-state index in [1.165, 1.54) is 19.3 Å². The van der Waals surface area contributed by atoms with E-state index < -0.39 is 17.4 Å². The number of ether oxygens (including phenoxy) is 3. The Morgan fingerprint density at radius 2 is 1.80 bits per heavy atom. The quantitative estimate of drug-likeness (QED) is 0.380. The maximum absolute atomic E-state index is 13.2. The number of unbranched alkanes of at least 4 members (excludes halogenated alkanes) is 1. The van der Waals surface area contributed by atoms with Crippen molar-refractivity contribution in [1.82, 2.24) is 20.4 Å². The second-order valence-corrected chi connectivity index (χ2v) is 12.6. The summed E-state index contributed by atoms with van der Waals surface area (Å²) in [6, 6.07) is 9.89. The van der Waals surface area contributed by atoms with Gasteiger partial charge in [0.15, 0.2) is 5.69 Å². The van der Waals surface area contributed by atoms with E-state index in [1.54, 1.807) is 4.90 Å². The molecule has 9 heteroatoms. The first-order valence-electron chi connectivity index (χ1n) is 15.1. The zero-order chi connectivity index (χ0) is 29.6. The van der Waals surface area contributed by atoms with Crippen molar-refractivity contribution in [3.05, 3.63) is 41.7 Å². The summed E-state index contributed by atoms with van der Waals surface area (Å²) in [6.07, 6.45) is 8.24. The zero-order valence-electron chi connectivity index (χ0n) is 25.5. The Morgan fingerprint density at radius 3 is 2.46 bits per heavy atom. The molecule has 4 rings (SSSR count). The highest BCUT2D eigenvalue weighted by atomic mass is 16.6. The summed E-state index contributed by atoms with van der Waals surface area (Å²) in [5, 5.41) is 11.6. The lowest BCUT2D eigenvalue weighted by molar-refractivity contribution is -0.0771. The zero-order valence-corrected chi connectivity index (χ0v) is 25.5. The predicted molar refractivity (Wildman–Crippen MR) is 158 cm³/mol. The molecular formula is C32H46N4O5. The number of hydrogen-bond acceptors (Lipinski definition) is 7. The largest absolute Gasteiger partial charge is 0.490 e. The number of hydrogen-bond donors (Lipinski definition) is 1. The molecule has 2 fully saturated rings. The molecule has 1 aromatic carbocycles. The van der Waals surface area contributed by atoms with Crippen LogP contribution >= 0.6 is 0 Å². The van der Waals surface area contributed by atoms with Gasteiger partial charge in [-0.3, -0.25) is 9.69 Å². The molecule has 0 bridgehead atoms. The van der Waals surface area contributed by atoms with Crippen LogP contribution in [0.4, 0.5) is 4.79 Å². The van der Waals surface area contributed by atoms with Gasteiger partial charge in [-0.15, -0.1) is 5.10 Å². The molecule has 9 nitrogen and oxygen atoms in total. The fourth-order valence-corrected chi connectivity index (χ4v) is 5.34. The molecule has 0 spiro atoms. The first-order valence-corrected chi connectivity index (χ1v) is 15.1. The maximum Gasteiger partial charge on any atom is 0.412 e. The average Bonchev–Trinajstić information content (AvgIpc) is 3.24. The number of carbonyl (C=O) groups excluding carboxylic acids is 2. The van der Waals surface area contributed by atoms with Crippen molar-refractivity contribution >= 4 is 12.0 Å². The molecule has 224 valence electrons. The van der Waals surface area contributed by atoms with Crippen LogP contribution in [0.1, 0.15) is 103 Å². The lowest BCUT2D eigenvalue weighted by Crippen LogP contribution is -2.46. The monoisotopic (exact) mass is 566 g/mol. The van der Waals surface area contributed by atoms with Crippen molar-refractivity contribution in [1.29, 1.82) is 0 Å². The fraction of sp³-hybridized carbons (Fsp3) is 0.625. The van der Waals surface area contributed by atoms with E-state index in [1.807, 2.05) is 65.0 Å². The van der Waals surface area contributed by atoms with E-state index in [4.69, 9.17) is 14.2 Å². The Hall–Kier alpha value is -3.20. The first kappa shape index (κ1) is 30.8. The van der Waals surface area contributed by atoms with Gasteiger partial charge in [0.05, 0.1) is 24.4 Å². The molecule has 2 aromatic rings. The highest BCUT2D eigenvalue weighted by molar-refractivity contribution is 5.93. The smallest absolute Gasteiger partial charge is 0.412 e. The van der Waals surface area contributed by atoms with Crippen molar-refractivity contribution in [3.8, 4) is 16.9 Å². The second kappa shape index (κ2) is 13.2. The summed E-state index contributed by atoms with van der Waals surface area (Å²) >= 11 is 0. The minimum absolute atomic E-state index is 0.226. The summed E-state index contributed by atoms with van der Waals surface area (Å²) < 4.78 is 17.8. The molecule has 1 atom stereocenters. The van der Waals surface area contributed by atoms with Crippen LogP contribution in [0.2, 0.25) is 0 Å². The number of aromatic nitrogens is 2. The van der Waals surface area contributed by atoms with Crippen LogP contribution < -0.4 is 10.1 Å². The third-order valence-corrected chi connectivity index (χ3v) is 7.49. The van der Waals surface area contributed by atoms with Gasteiger partial charge in [-0.1, -0.05) is 31.9 Å². The molecule has 1 saturated heterocycles. The maximum atomic E-state index is 13.2. The molecule has 1 saturated carbocycles. The number of rotatable bonds is 9. The van der Waals surface area contributed by atoms with E-state index in [2.05, 4.69) is 22.4 Å². The van der Waals surface area contributed by atoms with Crippen molar-refractivity contribution in [2.45, 2.75) is 116 Å². The van der Waals surface area contributed by atoms with Gasteiger partial charge in [-0.25, -0.2) is 4.79 Å². The van der Waals surface area contributed by atoms with Crippen LogP contribution in [-0.2, 0) is 15.9 Å². The number of carbonyl (C=O) groups is 2. The minimum Gasteiger partial charge on any atom is -0.490 e. The van der Waals surface area contributed by atoms with Crippen molar-refractivity contribution < 1.29 is 23.8 Å². The molecule has 2 heterocycles. The van der Waals surface area contributed by atoms with Crippen LogP contribution in [0, 0.1) is 0 Å². The van der Waals surface area contributed by atoms with Crippen LogP contribution in [0.3, 0.4) is 0 Å². The lowest BCUT2D eigenvalue weighted by atomic mass is 9.97. The second-order valence-electron chi connectivity index (χ2n) is 12.6. The molecule has 1 unspecified atom stereocenters. The SMILES string of the molecule is CCCCc1nnc(C(=O)NCC2CN(C(=O)OC(C)(C)C)C(C)(C)O2)cc1-c1ccc(OC2CCCCC2)cc1. The third kappa shape index (κ3) is 8.41. The van der Waals surface area contributed by atoms with Gasteiger partial charge in [0.25, 0.3) is 5.91 Å². The van der Waals surface area contributed by atoms with Gasteiger partial charge >= 0.3 is 6.09 Å². The van der Waals surface area contributed by atoms with Gasteiger partial charge in [-0.05, 0) is 96.9 Å². The summed E-state index contributed by atoms with van der Waals surface area (Å²) in [4.78, 5) is 27.4. The Labute approximate surface area is 244 Å². The van der Waals surface area contributed by atoms with Gasteiger partial charge in [0.2, 0.25) is 0 Å². The molecule has 1 aliphatic carbocycles. The number of amides is 2. The molecular weight excluding hydrogens is 520 g/mol. The van der Waals surface area contributed by atoms with Crippen LogP contribution in [0.25, 0.3) is 11.1 Å². The molecule has 41 heavy (non-hydrogen) atoms. The molecule has 1 N–H and O–H groups in total. The number of aryl methyl sites for hydroxylation is 1. The Bertz CT molecular complexity index is 1190. The van der Waals surface area contributed by atoms with E-state index in [0.29, 0.717) is 12.6 Å². The normalized spacial score (nSPS) is 19.2. The third-order valence-electron chi connectivity index (χ3n) is 7.49. The fourth-order valence-electron chi connectivity index (χ4n) is 5.34. The van der Waals surface area contributed by atoms with Crippen molar-refractivity contribution in [2.75, 3.05) is 13.1 Å². The van der Waals surface area contributed by atoms with Crippen LogP contribution in [0.15, 0.2) is 30.3 Å². The van der Waals surface area contributed by atoms with Crippen molar-refractivity contribution in [2.24, 2.45) is 0 Å². The van der Waals surface area contributed by atoms with Gasteiger partial charge in [-0.2, -0.15) is 5.10 Å². The molecule has 2 amide bonds. The summed E-state index contributed by atoms with van der Waals surface area (Å²) in [6.45, 7) is 11.8. The van der Waals surface area contributed by atoms with E-state index in [-0.39, 0.29) is 24.2 Å². The number of nitrogens with zero attached hydrogens (tertiary/aromatic N) is 3. The minimum atomic E-state index is -0.849. The van der Waals surface area contributed by atoms with Crippen molar-refractivity contribution in [3.63, 3.8) is 0 Å². The number of nitrogens with one attached hydrogen (secondary N) is 1. The van der Waals surface area contributed by atoms with Gasteiger partial charge in [0, 0.05) is 12.1 Å². The van der Waals surface area contributed by atoms with Crippen LogP contribution in [-0.4, -0.2) is 63.7 Å². The summed E-state index contributed by atoms with van der Waals surface area (Å²) in [5.41, 5.74) is 1.53. The summed E-state index contributed by atoms with van der Waals surface area (Å²) in [7, 11) is 0. The molecule has 1 aromatic heterocycles. The average molecular weight is 567 g/mol. The molecule has 0 radical (unpaired) electrons. The summed E-state index contributed by atoms with van der Waals surface area (Å²) in [5.74, 6) is 0.533. The van der Waals surface area contributed by atoms with Crippen LogP contribution in [0.5, 0.6) is 5.75 Å². The predicted octanol–water partition coefficient (Wildman–Crippen LogP) is 6.30. The standard InChI is InChI=1S/C32H46N4O5/c1-7-8-14-27-26(22-15-17-24(18-16-22)39-23-12-10-9-11-13-23)19-28(35-34-27)29(37)33-20-25-21-36(32(5,6)40-25)30(38)41-31(2,3)4/h15-19,23,25H,7-14,20-21H2,1-6H3,(H,33,37). The lowest BCUT2D eigenvalue weighted by Gasteiger charge is -2.31. The Balaban J connectivity index is 1.43. The highest BCUT2D eigenvalue weighted by Crippen LogP contribution is 2.30. The van der Waals surface area contributed by atoms with E-state index in [0.717, 1.165) is 54.7 Å². The number of benzene rings is 1. The van der Waals surface area contributed by atoms with Gasteiger partial charge < -0.3 is 19.5 Å². The van der Waals surface area contributed by atoms with Gasteiger partial charge in [0.1, 0.15) is 17.1 Å². The molecule has 2 aliphatic rings. The highest BCUT2D eigenvalue weighted by Gasteiger charge is 2.44. The Morgan fingerprint density at radius 1 is 1.10 bits per heavy atom. The molecule has 1 aliphatic heterocycles.